The molecule has 1 aromatic carbocycles. The Labute approximate surface area is 106 Å². The van der Waals surface area contributed by atoms with Gasteiger partial charge in [-0.2, -0.15) is 5.10 Å². The normalized spacial score (nSPS) is 16.9. The number of rotatable bonds is 3. The Morgan fingerprint density at radius 2 is 2.00 bits per heavy atom. The minimum absolute atomic E-state index is 0.970. The minimum atomic E-state index is 0.970. The standard InChI is InChI=1S/C13H17N5/c1-2-4-13(18-11-15-10-16-18)12(3-1)9-17-7-5-14-6-8-17/h1-4,10-11,14H,5-9H2. The van der Waals surface area contributed by atoms with E-state index in [1.54, 1.807) is 12.7 Å². The smallest absolute Gasteiger partial charge is 0.138 e. The Morgan fingerprint density at radius 1 is 1.17 bits per heavy atom. The molecular formula is C13H17N5. The van der Waals surface area contributed by atoms with Gasteiger partial charge in [-0.25, -0.2) is 9.67 Å². The van der Waals surface area contributed by atoms with Crippen LogP contribution in [0, 0.1) is 0 Å². The van der Waals surface area contributed by atoms with E-state index in [1.807, 2.05) is 10.7 Å². The highest BCUT2D eigenvalue weighted by atomic mass is 15.3. The van der Waals surface area contributed by atoms with Crippen LogP contribution in [0.5, 0.6) is 0 Å². The van der Waals surface area contributed by atoms with Crippen LogP contribution in [-0.2, 0) is 6.54 Å². The molecule has 1 aliphatic heterocycles. The molecule has 0 spiro atoms. The Morgan fingerprint density at radius 3 is 2.78 bits per heavy atom. The number of hydrogen-bond donors (Lipinski definition) is 1. The van der Waals surface area contributed by atoms with E-state index in [-0.39, 0.29) is 0 Å². The zero-order valence-electron chi connectivity index (χ0n) is 10.3. The van der Waals surface area contributed by atoms with Gasteiger partial charge in [0.15, 0.2) is 0 Å². The first-order chi connectivity index (χ1) is 8.93. The van der Waals surface area contributed by atoms with E-state index in [2.05, 4.69) is 38.5 Å². The average Bonchev–Trinajstić information content (AvgIpc) is 2.94. The van der Waals surface area contributed by atoms with Gasteiger partial charge in [0.2, 0.25) is 0 Å². The number of benzene rings is 1. The van der Waals surface area contributed by atoms with Crippen LogP contribution in [0.3, 0.4) is 0 Å². The summed E-state index contributed by atoms with van der Waals surface area (Å²) in [5, 5.41) is 7.59. The van der Waals surface area contributed by atoms with Crippen molar-refractivity contribution in [2.24, 2.45) is 0 Å². The number of piperazine rings is 1. The van der Waals surface area contributed by atoms with Crippen LogP contribution in [0.2, 0.25) is 0 Å². The Bertz CT molecular complexity index is 488. The summed E-state index contributed by atoms with van der Waals surface area (Å²) in [6, 6.07) is 8.38. The average molecular weight is 243 g/mol. The van der Waals surface area contributed by atoms with E-state index in [1.165, 1.54) is 5.56 Å². The molecule has 0 bridgehead atoms. The zero-order chi connectivity index (χ0) is 12.2. The lowest BCUT2D eigenvalue weighted by atomic mass is 10.1. The zero-order valence-corrected chi connectivity index (χ0v) is 10.3. The molecule has 0 amide bonds. The van der Waals surface area contributed by atoms with Gasteiger partial charge in [0.05, 0.1) is 5.69 Å². The SMILES string of the molecule is c1ccc(-n2cncn2)c(CN2CCNCC2)c1. The van der Waals surface area contributed by atoms with Gasteiger partial charge in [-0.05, 0) is 11.6 Å². The molecule has 18 heavy (non-hydrogen) atoms. The second kappa shape index (κ2) is 5.29. The number of aromatic nitrogens is 3. The summed E-state index contributed by atoms with van der Waals surface area (Å²) in [7, 11) is 0. The van der Waals surface area contributed by atoms with Gasteiger partial charge < -0.3 is 5.32 Å². The van der Waals surface area contributed by atoms with Crippen molar-refractivity contribution < 1.29 is 0 Å². The topological polar surface area (TPSA) is 46.0 Å². The van der Waals surface area contributed by atoms with Crippen LogP contribution in [0.15, 0.2) is 36.9 Å². The first-order valence-corrected chi connectivity index (χ1v) is 6.29. The molecule has 1 aromatic heterocycles. The van der Waals surface area contributed by atoms with Crippen molar-refractivity contribution in [2.75, 3.05) is 26.2 Å². The Balaban J connectivity index is 1.83. The third-order valence-electron chi connectivity index (χ3n) is 3.26. The summed E-state index contributed by atoms with van der Waals surface area (Å²) >= 11 is 0. The van der Waals surface area contributed by atoms with Crippen molar-refractivity contribution in [1.29, 1.82) is 0 Å². The molecule has 0 unspecified atom stereocenters. The van der Waals surface area contributed by atoms with E-state index in [0.717, 1.165) is 38.4 Å². The number of nitrogens with zero attached hydrogens (tertiary/aromatic N) is 4. The molecule has 1 saturated heterocycles. The van der Waals surface area contributed by atoms with Crippen LogP contribution in [-0.4, -0.2) is 45.8 Å². The molecule has 5 heteroatoms. The molecule has 0 atom stereocenters. The fourth-order valence-electron chi connectivity index (χ4n) is 2.31. The summed E-state index contributed by atoms with van der Waals surface area (Å²) in [6.07, 6.45) is 3.32. The van der Waals surface area contributed by atoms with Gasteiger partial charge in [-0.15, -0.1) is 0 Å². The molecule has 0 aliphatic carbocycles. The fraction of sp³-hybridized carbons (Fsp3) is 0.385. The second-order valence-electron chi connectivity index (χ2n) is 4.49. The van der Waals surface area contributed by atoms with Crippen LogP contribution in [0.4, 0.5) is 0 Å². The summed E-state index contributed by atoms with van der Waals surface area (Å²) in [4.78, 5) is 6.48. The predicted octanol–water partition coefficient (Wildman–Crippen LogP) is 0.672. The number of para-hydroxylation sites is 1. The van der Waals surface area contributed by atoms with Crippen molar-refractivity contribution in [2.45, 2.75) is 6.54 Å². The Kier molecular flexibility index (Phi) is 3.34. The maximum atomic E-state index is 4.21. The van der Waals surface area contributed by atoms with E-state index < -0.39 is 0 Å². The molecule has 94 valence electrons. The van der Waals surface area contributed by atoms with Crippen molar-refractivity contribution >= 4 is 0 Å². The summed E-state index contributed by atoms with van der Waals surface area (Å²) in [6.45, 7) is 5.33. The minimum Gasteiger partial charge on any atom is -0.314 e. The maximum absolute atomic E-state index is 4.21. The van der Waals surface area contributed by atoms with E-state index >= 15 is 0 Å². The molecule has 2 heterocycles. The molecular weight excluding hydrogens is 226 g/mol. The summed E-state index contributed by atoms with van der Waals surface area (Å²) < 4.78 is 1.83. The number of hydrogen-bond acceptors (Lipinski definition) is 4. The van der Waals surface area contributed by atoms with Gasteiger partial charge in [0.25, 0.3) is 0 Å². The van der Waals surface area contributed by atoms with Crippen molar-refractivity contribution in [3.63, 3.8) is 0 Å². The van der Waals surface area contributed by atoms with Crippen LogP contribution in [0.1, 0.15) is 5.56 Å². The van der Waals surface area contributed by atoms with E-state index in [9.17, 15) is 0 Å². The lowest BCUT2D eigenvalue weighted by molar-refractivity contribution is 0.233. The molecule has 0 saturated carbocycles. The predicted molar refractivity (Wildman–Crippen MR) is 69.5 cm³/mol. The molecule has 0 radical (unpaired) electrons. The quantitative estimate of drug-likeness (QED) is 0.861. The molecule has 1 fully saturated rings. The van der Waals surface area contributed by atoms with Gasteiger partial charge in [-0.3, -0.25) is 4.90 Å². The molecule has 2 aromatic rings. The highest BCUT2D eigenvalue weighted by Gasteiger charge is 2.12. The highest BCUT2D eigenvalue weighted by molar-refractivity contribution is 5.39. The number of nitrogens with one attached hydrogen (secondary N) is 1. The van der Waals surface area contributed by atoms with Crippen molar-refractivity contribution in [3.05, 3.63) is 42.5 Å². The second-order valence-corrected chi connectivity index (χ2v) is 4.49. The van der Waals surface area contributed by atoms with E-state index in [4.69, 9.17) is 0 Å². The third kappa shape index (κ3) is 2.42. The first-order valence-electron chi connectivity index (χ1n) is 6.29. The van der Waals surface area contributed by atoms with Gasteiger partial charge in [-0.1, -0.05) is 18.2 Å². The van der Waals surface area contributed by atoms with Crippen molar-refractivity contribution in [1.82, 2.24) is 25.0 Å². The van der Waals surface area contributed by atoms with Crippen LogP contribution >= 0.6 is 0 Å². The molecule has 1 N–H and O–H groups in total. The first kappa shape index (κ1) is 11.4. The monoisotopic (exact) mass is 243 g/mol. The lowest BCUT2D eigenvalue weighted by Gasteiger charge is -2.27. The van der Waals surface area contributed by atoms with Crippen LogP contribution < -0.4 is 5.32 Å². The van der Waals surface area contributed by atoms with Gasteiger partial charge in [0.1, 0.15) is 12.7 Å². The van der Waals surface area contributed by atoms with Crippen LogP contribution in [0.25, 0.3) is 5.69 Å². The summed E-state index contributed by atoms with van der Waals surface area (Å²) in [5.74, 6) is 0. The lowest BCUT2D eigenvalue weighted by Crippen LogP contribution is -2.43. The molecule has 1 aliphatic rings. The van der Waals surface area contributed by atoms with Crippen molar-refractivity contribution in [3.8, 4) is 5.69 Å². The van der Waals surface area contributed by atoms with E-state index in [0.29, 0.717) is 0 Å². The molecule has 3 rings (SSSR count). The molecule has 5 nitrogen and oxygen atoms in total. The van der Waals surface area contributed by atoms with Gasteiger partial charge in [0, 0.05) is 32.7 Å². The Hall–Kier alpha value is -1.72. The summed E-state index contributed by atoms with van der Waals surface area (Å²) in [5.41, 5.74) is 2.42. The maximum Gasteiger partial charge on any atom is 0.138 e. The highest BCUT2D eigenvalue weighted by Crippen LogP contribution is 2.15. The fourth-order valence-corrected chi connectivity index (χ4v) is 2.31. The van der Waals surface area contributed by atoms with Gasteiger partial charge >= 0.3 is 0 Å². The largest absolute Gasteiger partial charge is 0.314 e. The third-order valence-corrected chi connectivity index (χ3v) is 3.26.